The zero-order valence-electron chi connectivity index (χ0n) is 7.53. The summed E-state index contributed by atoms with van der Waals surface area (Å²) >= 11 is 0. The summed E-state index contributed by atoms with van der Waals surface area (Å²) in [5.74, 6) is 0.444. The molecule has 13 heavy (non-hydrogen) atoms. The molecular formula is C9H13N3O. The lowest BCUT2D eigenvalue weighted by Crippen LogP contribution is -1.97. The maximum atomic E-state index is 5.59. The SMILES string of the molecule is COc1nc(C=CCN)ccc1N. The zero-order valence-corrected chi connectivity index (χ0v) is 7.53. The smallest absolute Gasteiger partial charge is 0.237 e. The summed E-state index contributed by atoms with van der Waals surface area (Å²) in [5, 5.41) is 0. The molecule has 0 radical (unpaired) electrons. The lowest BCUT2D eigenvalue weighted by molar-refractivity contribution is 0.400. The van der Waals surface area contributed by atoms with E-state index in [-0.39, 0.29) is 0 Å². The normalized spacial score (nSPS) is 10.6. The van der Waals surface area contributed by atoms with Crippen LogP contribution < -0.4 is 16.2 Å². The van der Waals surface area contributed by atoms with Crippen LogP contribution in [0.1, 0.15) is 5.69 Å². The van der Waals surface area contributed by atoms with E-state index >= 15 is 0 Å². The third-order valence-electron chi connectivity index (χ3n) is 1.53. The average molecular weight is 179 g/mol. The molecule has 4 nitrogen and oxygen atoms in total. The number of hydrogen-bond acceptors (Lipinski definition) is 4. The Hall–Kier alpha value is -1.55. The first kappa shape index (κ1) is 9.54. The second-order valence-corrected chi connectivity index (χ2v) is 2.47. The number of rotatable bonds is 3. The first-order chi connectivity index (χ1) is 6.27. The molecule has 4 heteroatoms. The van der Waals surface area contributed by atoms with Crippen LogP contribution in [-0.4, -0.2) is 18.6 Å². The highest BCUT2D eigenvalue weighted by atomic mass is 16.5. The number of nitrogens with two attached hydrogens (primary N) is 2. The number of nitrogen functional groups attached to an aromatic ring is 1. The summed E-state index contributed by atoms with van der Waals surface area (Å²) < 4.78 is 4.96. The minimum atomic E-state index is 0.444. The van der Waals surface area contributed by atoms with Gasteiger partial charge < -0.3 is 16.2 Å². The Labute approximate surface area is 77.2 Å². The average Bonchev–Trinajstić information content (AvgIpc) is 2.16. The lowest BCUT2D eigenvalue weighted by atomic mass is 10.3. The minimum Gasteiger partial charge on any atom is -0.480 e. The van der Waals surface area contributed by atoms with Crippen molar-refractivity contribution >= 4 is 11.8 Å². The van der Waals surface area contributed by atoms with Crippen LogP contribution in [-0.2, 0) is 0 Å². The van der Waals surface area contributed by atoms with Crippen LogP contribution in [0, 0.1) is 0 Å². The number of hydrogen-bond donors (Lipinski definition) is 2. The van der Waals surface area contributed by atoms with Gasteiger partial charge in [0, 0.05) is 6.54 Å². The molecule has 0 fully saturated rings. The minimum absolute atomic E-state index is 0.444. The first-order valence-electron chi connectivity index (χ1n) is 3.95. The Balaban J connectivity index is 2.92. The Morgan fingerprint density at radius 2 is 2.31 bits per heavy atom. The fraction of sp³-hybridized carbons (Fsp3) is 0.222. The van der Waals surface area contributed by atoms with Gasteiger partial charge in [0.25, 0.3) is 0 Å². The van der Waals surface area contributed by atoms with Crippen LogP contribution in [0.25, 0.3) is 6.08 Å². The predicted molar refractivity (Wildman–Crippen MR) is 53.3 cm³/mol. The monoisotopic (exact) mass is 179 g/mol. The maximum absolute atomic E-state index is 5.59. The van der Waals surface area contributed by atoms with Gasteiger partial charge in [-0.25, -0.2) is 4.98 Å². The Morgan fingerprint density at radius 3 is 2.92 bits per heavy atom. The molecular weight excluding hydrogens is 166 g/mol. The summed E-state index contributed by atoms with van der Waals surface area (Å²) in [6.45, 7) is 0.494. The fourth-order valence-corrected chi connectivity index (χ4v) is 0.911. The molecule has 4 N–H and O–H groups in total. The van der Waals surface area contributed by atoms with Crippen LogP contribution in [0.2, 0.25) is 0 Å². The molecule has 0 aliphatic carbocycles. The zero-order chi connectivity index (χ0) is 9.68. The first-order valence-corrected chi connectivity index (χ1v) is 3.95. The van der Waals surface area contributed by atoms with Crippen molar-refractivity contribution in [1.82, 2.24) is 4.98 Å². The molecule has 0 amide bonds. The highest BCUT2D eigenvalue weighted by Gasteiger charge is 1.99. The summed E-state index contributed by atoms with van der Waals surface area (Å²) in [4.78, 5) is 4.14. The third kappa shape index (κ3) is 2.45. The number of nitrogens with zero attached hydrogens (tertiary/aromatic N) is 1. The molecule has 0 aliphatic rings. The molecule has 0 unspecified atom stereocenters. The van der Waals surface area contributed by atoms with Crippen LogP contribution >= 0.6 is 0 Å². The summed E-state index contributed by atoms with van der Waals surface area (Å²) in [6.07, 6.45) is 3.64. The highest BCUT2D eigenvalue weighted by molar-refractivity contribution is 5.54. The highest BCUT2D eigenvalue weighted by Crippen LogP contribution is 2.17. The van der Waals surface area contributed by atoms with Gasteiger partial charge in [-0.15, -0.1) is 0 Å². The third-order valence-corrected chi connectivity index (χ3v) is 1.53. The van der Waals surface area contributed by atoms with E-state index in [9.17, 15) is 0 Å². The molecule has 0 atom stereocenters. The molecule has 0 saturated carbocycles. The standard InChI is InChI=1S/C9H13N3O/c1-13-9-8(11)5-4-7(12-9)3-2-6-10/h2-5H,6,10-11H2,1H3. The summed E-state index contributed by atoms with van der Waals surface area (Å²) in [5.41, 5.74) is 12.2. The van der Waals surface area contributed by atoms with Gasteiger partial charge in [0.05, 0.1) is 18.5 Å². The number of anilines is 1. The molecule has 0 saturated heterocycles. The van der Waals surface area contributed by atoms with E-state index in [2.05, 4.69) is 4.98 Å². The molecule has 0 bridgehead atoms. The Kier molecular flexibility index (Phi) is 3.28. The molecule has 0 spiro atoms. The van der Waals surface area contributed by atoms with E-state index in [0.717, 1.165) is 5.69 Å². The van der Waals surface area contributed by atoms with Gasteiger partial charge >= 0.3 is 0 Å². The van der Waals surface area contributed by atoms with Gasteiger partial charge in [0.1, 0.15) is 0 Å². The van der Waals surface area contributed by atoms with Crippen molar-refractivity contribution in [2.45, 2.75) is 0 Å². The van der Waals surface area contributed by atoms with Crippen LogP contribution in [0.15, 0.2) is 18.2 Å². The molecule has 0 aromatic carbocycles. The van der Waals surface area contributed by atoms with Crippen molar-refractivity contribution in [3.05, 3.63) is 23.9 Å². The Bertz CT molecular complexity index is 310. The van der Waals surface area contributed by atoms with Crippen molar-refractivity contribution in [3.63, 3.8) is 0 Å². The van der Waals surface area contributed by atoms with Gasteiger partial charge in [-0.2, -0.15) is 0 Å². The Morgan fingerprint density at radius 1 is 1.54 bits per heavy atom. The van der Waals surface area contributed by atoms with E-state index < -0.39 is 0 Å². The molecule has 1 aromatic rings. The van der Waals surface area contributed by atoms with Gasteiger partial charge in [-0.05, 0) is 18.2 Å². The van der Waals surface area contributed by atoms with Crippen molar-refractivity contribution in [2.24, 2.45) is 5.73 Å². The summed E-state index contributed by atoms with van der Waals surface area (Å²) in [7, 11) is 1.54. The van der Waals surface area contributed by atoms with Gasteiger partial charge in [0.2, 0.25) is 5.88 Å². The number of pyridine rings is 1. The molecule has 1 rings (SSSR count). The van der Waals surface area contributed by atoms with Crippen LogP contribution in [0.4, 0.5) is 5.69 Å². The quantitative estimate of drug-likeness (QED) is 0.714. The van der Waals surface area contributed by atoms with E-state index in [1.165, 1.54) is 7.11 Å². The van der Waals surface area contributed by atoms with Crippen molar-refractivity contribution in [1.29, 1.82) is 0 Å². The van der Waals surface area contributed by atoms with E-state index in [1.807, 2.05) is 18.2 Å². The molecule has 1 heterocycles. The maximum Gasteiger partial charge on any atom is 0.237 e. The molecule has 0 aliphatic heterocycles. The lowest BCUT2D eigenvalue weighted by Gasteiger charge is -2.02. The van der Waals surface area contributed by atoms with Crippen LogP contribution in [0.5, 0.6) is 5.88 Å². The summed E-state index contributed by atoms with van der Waals surface area (Å²) in [6, 6.07) is 3.56. The second-order valence-electron chi connectivity index (χ2n) is 2.47. The van der Waals surface area contributed by atoms with Gasteiger partial charge in [-0.3, -0.25) is 0 Å². The van der Waals surface area contributed by atoms with E-state index in [4.69, 9.17) is 16.2 Å². The fourth-order valence-electron chi connectivity index (χ4n) is 0.911. The number of aromatic nitrogens is 1. The predicted octanol–water partition coefficient (Wildman–Crippen LogP) is 0.644. The van der Waals surface area contributed by atoms with E-state index in [1.54, 1.807) is 6.07 Å². The van der Waals surface area contributed by atoms with Gasteiger partial charge in [-0.1, -0.05) is 6.08 Å². The molecule has 1 aromatic heterocycles. The van der Waals surface area contributed by atoms with Gasteiger partial charge in [0.15, 0.2) is 0 Å². The topological polar surface area (TPSA) is 74.2 Å². The van der Waals surface area contributed by atoms with Crippen molar-refractivity contribution in [3.8, 4) is 5.88 Å². The number of methoxy groups -OCH3 is 1. The largest absolute Gasteiger partial charge is 0.480 e. The van der Waals surface area contributed by atoms with Crippen LogP contribution in [0.3, 0.4) is 0 Å². The van der Waals surface area contributed by atoms with E-state index in [0.29, 0.717) is 18.1 Å². The second kappa shape index (κ2) is 4.47. The van der Waals surface area contributed by atoms with Crippen molar-refractivity contribution < 1.29 is 4.74 Å². The number of ether oxygens (including phenoxy) is 1. The van der Waals surface area contributed by atoms with Crippen molar-refractivity contribution in [2.75, 3.05) is 19.4 Å². The molecule has 70 valence electrons.